The van der Waals surface area contributed by atoms with Gasteiger partial charge in [0.25, 0.3) is 0 Å². The molecule has 3 amide bonds. The van der Waals surface area contributed by atoms with Crippen LogP contribution in [-0.4, -0.2) is 75.7 Å². The molecule has 0 radical (unpaired) electrons. The first-order valence-corrected chi connectivity index (χ1v) is 14.6. The number of cyclic esters (lactones) is 1. The standard InChI is InChI=1S/C32H38N4O7/c1-5-21-17-32(21,29(39)40)35-26(37)24-16-22-18-36(24)28(38)25(31(2,3)4)34-30(41)42-14-8-6-7-9-19-10-11-20-12-13-33-27(43-22)23(20)15-19/h5,7,9-13,15,21-22,24-25H,1,6,8,14,16-18H2,2-4H3,(H,34,41)(H,35,37)(H,39,40)/b9-7-/t21-,22-,24+,25-,32-/m1/s1. The summed E-state index contributed by atoms with van der Waals surface area (Å²) < 4.78 is 11.7. The van der Waals surface area contributed by atoms with Crippen molar-refractivity contribution in [1.82, 2.24) is 20.5 Å². The molecular formula is C32H38N4O7. The number of rotatable bonds is 4. The van der Waals surface area contributed by atoms with E-state index in [0.29, 0.717) is 18.7 Å². The monoisotopic (exact) mass is 590 g/mol. The second-order valence-corrected chi connectivity index (χ2v) is 12.5. The number of alkyl carbamates (subject to hydrolysis) is 1. The van der Waals surface area contributed by atoms with Crippen molar-refractivity contribution in [3.05, 3.63) is 54.8 Å². The van der Waals surface area contributed by atoms with Crippen LogP contribution in [0.3, 0.4) is 0 Å². The first-order valence-electron chi connectivity index (χ1n) is 14.6. The number of benzene rings is 1. The zero-order valence-electron chi connectivity index (χ0n) is 24.7. The fourth-order valence-corrected chi connectivity index (χ4v) is 5.77. The first-order chi connectivity index (χ1) is 20.4. The maximum atomic E-state index is 14.1. The average Bonchev–Trinajstić information content (AvgIpc) is 3.52. The van der Waals surface area contributed by atoms with Gasteiger partial charge in [0, 0.05) is 23.9 Å². The molecule has 4 bridgehead atoms. The number of amides is 3. The lowest BCUT2D eigenvalue weighted by Gasteiger charge is -2.35. The molecule has 3 N–H and O–H groups in total. The molecular weight excluding hydrogens is 552 g/mol. The molecule has 11 nitrogen and oxygen atoms in total. The van der Waals surface area contributed by atoms with Crippen LogP contribution in [0.25, 0.3) is 16.8 Å². The lowest BCUT2D eigenvalue weighted by molar-refractivity contribution is -0.146. The van der Waals surface area contributed by atoms with Crippen LogP contribution in [0, 0.1) is 11.3 Å². The van der Waals surface area contributed by atoms with Gasteiger partial charge < -0.3 is 30.1 Å². The molecule has 1 aromatic carbocycles. The van der Waals surface area contributed by atoms with E-state index in [1.807, 2.05) is 57.2 Å². The van der Waals surface area contributed by atoms with E-state index >= 15 is 0 Å². The molecule has 1 aromatic heterocycles. The van der Waals surface area contributed by atoms with Crippen molar-refractivity contribution in [3.63, 3.8) is 0 Å². The molecule has 11 heteroatoms. The number of allylic oxidation sites excluding steroid dienone is 1. The van der Waals surface area contributed by atoms with Crippen molar-refractivity contribution in [1.29, 1.82) is 0 Å². The van der Waals surface area contributed by atoms with E-state index in [4.69, 9.17) is 9.47 Å². The van der Waals surface area contributed by atoms with Gasteiger partial charge in [0.15, 0.2) is 0 Å². The molecule has 3 heterocycles. The third-order valence-electron chi connectivity index (χ3n) is 8.34. The molecule has 5 atom stereocenters. The number of nitrogens with one attached hydrogen (secondary N) is 2. The molecule has 228 valence electrons. The topological polar surface area (TPSA) is 147 Å². The Balaban J connectivity index is 1.51. The van der Waals surface area contributed by atoms with Crippen LogP contribution in [0.15, 0.2) is 49.2 Å². The van der Waals surface area contributed by atoms with Crippen molar-refractivity contribution in [3.8, 4) is 5.88 Å². The number of fused-ring (bicyclic) bond motifs is 3. The fourth-order valence-electron chi connectivity index (χ4n) is 5.77. The minimum Gasteiger partial charge on any atom is -0.479 e. The van der Waals surface area contributed by atoms with Gasteiger partial charge >= 0.3 is 12.1 Å². The molecule has 1 aliphatic carbocycles. The average molecular weight is 591 g/mol. The Bertz CT molecular complexity index is 1480. The van der Waals surface area contributed by atoms with Crippen molar-refractivity contribution >= 4 is 40.7 Å². The number of carboxylic acids is 1. The molecule has 2 fully saturated rings. The number of aliphatic carboxylic acids is 1. The summed E-state index contributed by atoms with van der Waals surface area (Å²) in [6.07, 6.45) is 7.37. The van der Waals surface area contributed by atoms with Gasteiger partial charge in [-0.05, 0) is 47.8 Å². The highest BCUT2D eigenvalue weighted by Crippen LogP contribution is 2.45. The van der Waals surface area contributed by atoms with Gasteiger partial charge in [0.05, 0.1) is 13.2 Å². The Morgan fingerprint density at radius 3 is 2.74 bits per heavy atom. The Morgan fingerprint density at radius 2 is 2.05 bits per heavy atom. The number of hydrogen-bond donors (Lipinski definition) is 3. The van der Waals surface area contributed by atoms with E-state index in [9.17, 15) is 24.3 Å². The van der Waals surface area contributed by atoms with Crippen LogP contribution in [0.1, 0.15) is 52.0 Å². The van der Waals surface area contributed by atoms with Gasteiger partial charge in [-0.2, -0.15) is 0 Å². The first kappa shape index (κ1) is 30.1. The summed E-state index contributed by atoms with van der Waals surface area (Å²) in [5, 5.41) is 17.0. The molecule has 1 saturated heterocycles. The quantitative estimate of drug-likeness (QED) is 0.457. The summed E-state index contributed by atoms with van der Waals surface area (Å²) in [6, 6.07) is 5.74. The Morgan fingerprint density at radius 1 is 1.26 bits per heavy atom. The van der Waals surface area contributed by atoms with E-state index in [0.717, 1.165) is 16.3 Å². The van der Waals surface area contributed by atoms with E-state index in [1.54, 1.807) is 6.20 Å². The van der Waals surface area contributed by atoms with Gasteiger partial charge in [-0.3, -0.25) is 9.59 Å². The third-order valence-corrected chi connectivity index (χ3v) is 8.34. The Kier molecular flexibility index (Phi) is 8.18. The summed E-state index contributed by atoms with van der Waals surface area (Å²) in [5.41, 5.74) is -1.26. The predicted octanol–water partition coefficient (Wildman–Crippen LogP) is 3.68. The van der Waals surface area contributed by atoms with E-state index in [2.05, 4.69) is 22.2 Å². The molecule has 0 unspecified atom stereocenters. The molecule has 2 aromatic rings. The van der Waals surface area contributed by atoms with Crippen LogP contribution in [-0.2, 0) is 19.1 Å². The molecule has 5 rings (SSSR count). The highest BCUT2D eigenvalue weighted by molar-refractivity contribution is 5.96. The van der Waals surface area contributed by atoms with Crippen molar-refractivity contribution in [2.24, 2.45) is 11.3 Å². The molecule has 1 saturated carbocycles. The van der Waals surface area contributed by atoms with Gasteiger partial charge in [0.2, 0.25) is 17.7 Å². The summed E-state index contributed by atoms with van der Waals surface area (Å²) in [4.78, 5) is 58.6. The SMILES string of the molecule is C=C[C@@H]1C[C@]1(NC(=O)[C@@H]1C[C@@H]2CN1C(=O)[C@H](C(C)(C)C)NC(=O)OCCC/C=C\c1ccc3ccnc(c3c1)O2)C(=O)O. The predicted molar refractivity (Wildman–Crippen MR) is 159 cm³/mol. The van der Waals surface area contributed by atoms with E-state index in [1.165, 1.54) is 11.0 Å². The number of aromatic nitrogens is 1. The second kappa shape index (κ2) is 11.7. The number of nitrogens with zero attached hydrogens (tertiary/aromatic N) is 2. The summed E-state index contributed by atoms with van der Waals surface area (Å²) in [7, 11) is 0. The van der Waals surface area contributed by atoms with Crippen LogP contribution >= 0.6 is 0 Å². The minimum absolute atomic E-state index is 0.0306. The largest absolute Gasteiger partial charge is 0.479 e. The van der Waals surface area contributed by atoms with E-state index in [-0.39, 0.29) is 26.0 Å². The van der Waals surface area contributed by atoms with Gasteiger partial charge in [0.1, 0.15) is 23.7 Å². The second-order valence-electron chi connectivity index (χ2n) is 12.5. The van der Waals surface area contributed by atoms with Crippen LogP contribution < -0.4 is 15.4 Å². The summed E-state index contributed by atoms with van der Waals surface area (Å²) in [5.74, 6) is -2.30. The number of hydrogen-bond acceptors (Lipinski definition) is 7. The normalized spacial score (nSPS) is 28.6. The van der Waals surface area contributed by atoms with Gasteiger partial charge in [-0.15, -0.1) is 6.58 Å². The van der Waals surface area contributed by atoms with Crippen molar-refractivity contribution < 1.29 is 33.8 Å². The number of carbonyl (C=O) groups is 4. The maximum Gasteiger partial charge on any atom is 0.407 e. The number of carboxylic acid groups (broad SMARTS) is 1. The molecule has 3 aliphatic rings. The van der Waals surface area contributed by atoms with Crippen LogP contribution in [0.2, 0.25) is 0 Å². The highest BCUT2D eigenvalue weighted by atomic mass is 16.5. The highest BCUT2D eigenvalue weighted by Gasteiger charge is 2.61. The van der Waals surface area contributed by atoms with Crippen LogP contribution in [0.4, 0.5) is 4.79 Å². The van der Waals surface area contributed by atoms with Crippen LogP contribution in [0.5, 0.6) is 5.88 Å². The Hall–Kier alpha value is -4.41. The van der Waals surface area contributed by atoms with Crippen molar-refractivity contribution in [2.45, 2.75) is 70.2 Å². The summed E-state index contributed by atoms with van der Waals surface area (Å²) in [6.45, 7) is 9.30. The molecule has 0 spiro atoms. The lowest BCUT2D eigenvalue weighted by atomic mass is 9.85. The Labute approximate surface area is 250 Å². The number of carbonyl (C=O) groups excluding carboxylic acids is 3. The number of pyridine rings is 1. The fraction of sp³-hybridized carbons (Fsp3) is 0.469. The van der Waals surface area contributed by atoms with Gasteiger partial charge in [-0.25, -0.2) is 14.6 Å². The zero-order chi connectivity index (χ0) is 30.9. The maximum absolute atomic E-state index is 14.1. The molecule has 2 aliphatic heterocycles. The molecule has 43 heavy (non-hydrogen) atoms. The van der Waals surface area contributed by atoms with Crippen molar-refractivity contribution in [2.75, 3.05) is 13.2 Å². The number of ether oxygens (including phenoxy) is 2. The lowest BCUT2D eigenvalue weighted by Crippen LogP contribution is -2.59. The van der Waals surface area contributed by atoms with E-state index < -0.39 is 58.9 Å². The third kappa shape index (κ3) is 6.21. The zero-order valence-corrected chi connectivity index (χ0v) is 24.7. The van der Waals surface area contributed by atoms with Gasteiger partial charge in [-0.1, -0.05) is 51.1 Å². The smallest absolute Gasteiger partial charge is 0.407 e. The summed E-state index contributed by atoms with van der Waals surface area (Å²) >= 11 is 0. The minimum atomic E-state index is -1.47.